The highest BCUT2D eigenvalue weighted by molar-refractivity contribution is 7.46. The molecule has 0 aromatic heterocycles. The molecule has 3 aliphatic rings. The molecule has 24 heavy (non-hydrogen) atoms. The number of hydrogen-bond acceptors (Lipinski definition) is 8. The van der Waals surface area contributed by atoms with Gasteiger partial charge >= 0.3 is 13.9 Å². The molecule has 5 N–H and O–H groups in total. The van der Waals surface area contributed by atoms with E-state index in [-0.39, 0.29) is 17.4 Å². The van der Waals surface area contributed by atoms with Gasteiger partial charge in [0.15, 0.2) is 23.6 Å². The number of fused-ring (bicyclic) bond motifs is 1. The molecule has 2 amide bonds. The molecule has 1 saturated heterocycles. The van der Waals surface area contributed by atoms with Crippen molar-refractivity contribution in [2.75, 3.05) is 6.61 Å². The van der Waals surface area contributed by atoms with Crippen molar-refractivity contribution in [3.05, 3.63) is 0 Å². The van der Waals surface area contributed by atoms with Crippen LogP contribution in [-0.4, -0.2) is 85.8 Å². The highest BCUT2D eigenvalue weighted by Crippen LogP contribution is 2.42. The second-order valence-electron chi connectivity index (χ2n) is 4.96. The van der Waals surface area contributed by atoms with Crippen LogP contribution in [0, 0.1) is 5.41 Å². The minimum atomic E-state index is -4.98. The van der Waals surface area contributed by atoms with Gasteiger partial charge in [0.1, 0.15) is 24.7 Å². The minimum absolute atomic E-state index is 0.0995. The number of ether oxygens (including phenoxy) is 1. The molecule has 0 radical (unpaired) electrons. The lowest BCUT2D eigenvalue weighted by atomic mass is 10.1. The Labute approximate surface area is 133 Å². The van der Waals surface area contributed by atoms with Crippen LogP contribution in [0.15, 0.2) is 15.0 Å². The van der Waals surface area contributed by atoms with Crippen molar-refractivity contribution in [2.45, 2.75) is 24.5 Å². The number of aliphatic hydroxyl groups is 2. The summed E-state index contributed by atoms with van der Waals surface area (Å²) in [5, 5.41) is 27.1. The molecule has 3 aliphatic heterocycles. The van der Waals surface area contributed by atoms with Gasteiger partial charge in [-0.05, 0) is 0 Å². The van der Waals surface area contributed by atoms with Crippen molar-refractivity contribution < 1.29 is 38.6 Å². The predicted molar refractivity (Wildman–Crippen MR) is 77.0 cm³/mol. The number of aliphatic hydroxyl groups excluding tert-OH is 2. The van der Waals surface area contributed by atoms with Crippen LogP contribution in [0.1, 0.15) is 0 Å². The number of hydrogen-bond donors (Lipinski definition) is 5. The molecular formula is C10H12N5O8P. The number of carbonyl (C=O) groups excluding carboxylic acids is 1. The maximum atomic E-state index is 12.1. The normalized spacial score (nSPS) is 32.9. The number of amides is 2. The zero-order valence-corrected chi connectivity index (χ0v) is 12.6. The summed E-state index contributed by atoms with van der Waals surface area (Å²) in [6.07, 6.45) is -5.05. The molecule has 0 aromatic carbocycles. The molecule has 130 valence electrons. The quantitative estimate of drug-likeness (QED) is 0.349. The largest absolute Gasteiger partial charge is 0.470 e. The molecule has 1 fully saturated rings. The number of amidine groups is 2. The van der Waals surface area contributed by atoms with E-state index in [1.54, 1.807) is 0 Å². The van der Waals surface area contributed by atoms with Crippen LogP contribution in [0.5, 0.6) is 0 Å². The van der Waals surface area contributed by atoms with Crippen LogP contribution in [0.4, 0.5) is 4.79 Å². The van der Waals surface area contributed by atoms with Crippen LogP contribution >= 0.6 is 7.82 Å². The summed E-state index contributed by atoms with van der Waals surface area (Å²) in [4.78, 5) is 41.7. The van der Waals surface area contributed by atoms with E-state index >= 15 is 0 Å². The first kappa shape index (κ1) is 17.0. The van der Waals surface area contributed by atoms with Crippen LogP contribution in [-0.2, 0) is 13.8 Å². The van der Waals surface area contributed by atoms with E-state index < -0.39 is 45.0 Å². The Hall–Kier alpha value is -1.86. The first-order valence-corrected chi connectivity index (χ1v) is 8.06. The third kappa shape index (κ3) is 2.82. The first-order chi connectivity index (χ1) is 11.2. The topological polar surface area (TPSA) is 198 Å². The van der Waals surface area contributed by atoms with Gasteiger partial charge in [-0.25, -0.2) is 24.2 Å². The van der Waals surface area contributed by atoms with Crippen molar-refractivity contribution >= 4 is 37.6 Å². The second kappa shape index (κ2) is 5.89. The fraction of sp³-hybridized carbons (Fsp3) is 0.500. The van der Waals surface area contributed by atoms with Gasteiger partial charge in [0, 0.05) is 0 Å². The Balaban J connectivity index is 1.89. The molecule has 3 heterocycles. The monoisotopic (exact) mass is 361 g/mol. The predicted octanol–water partition coefficient (Wildman–Crippen LogP) is -2.16. The van der Waals surface area contributed by atoms with Gasteiger partial charge in [-0.3, -0.25) is 9.93 Å². The Kier molecular flexibility index (Phi) is 4.17. The highest BCUT2D eigenvalue weighted by atomic mass is 31.2. The number of carbonyl (C=O) groups is 1. The van der Waals surface area contributed by atoms with Crippen LogP contribution in [0.2, 0.25) is 0 Å². The second-order valence-corrected chi connectivity index (χ2v) is 6.15. The number of nitrogens with zero attached hydrogens (tertiary/aromatic N) is 4. The molecule has 0 aliphatic carbocycles. The third-order valence-corrected chi connectivity index (χ3v) is 3.97. The molecule has 4 atom stereocenters. The van der Waals surface area contributed by atoms with E-state index in [1.165, 1.54) is 0 Å². The lowest BCUT2D eigenvalue weighted by molar-refractivity contribution is -0.0562. The Bertz CT molecular complexity index is 729. The van der Waals surface area contributed by atoms with Crippen LogP contribution in [0.3, 0.4) is 0 Å². The maximum Gasteiger partial charge on any atom is 0.470 e. The van der Waals surface area contributed by atoms with E-state index in [0.29, 0.717) is 0 Å². The molecule has 0 aromatic rings. The summed E-state index contributed by atoms with van der Waals surface area (Å²) in [5.74, 6) is -0.414. The number of rotatable bonds is 4. The molecule has 3 rings (SSSR count). The van der Waals surface area contributed by atoms with Crippen molar-refractivity contribution in [3.8, 4) is 0 Å². The number of nitrogens with one attached hydrogen (secondary N) is 1. The van der Waals surface area contributed by atoms with Crippen molar-refractivity contribution in [2.24, 2.45) is 15.0 Å². The lowest BCUT2D eigenvalue weighted by Crippen LogP contribution is -2.49. The van der Waals surface area contributed by atoms with Gasteiger partial charge in [0.25, 0.3) is 0 Å². The van der Waals surface area contributed by atoms with E-state index in [2.05, 4.69) is 19.5 Å². The summed E-state index contributed by atoms with van der Waals surface area (Å²) >= 11 is 0. The standard InChI is InChI=1S/C10H12N5O8P/c11-7-4-8(13-2-12-7)15(10(18)14-4)9-5(17)6(3(1-16)22-9)23-24(19,20)21/h2-3,5-6,9,11,16-17H,1H2,(H2,19,20,21)/t3-,5-,6-,9-/m1/s1. The summed E-state index contributed by atoms with van der Waals surface area (Å²) in [7, 11) is -4.98. The van der Waals surface area contributed by atoms with E-state index in [1.807, 2.05) is 0 Å². The maximum absolute atomic E-state index is 12.1. The molecular weight excluding hydrogens is 349 g/mol. The average molecular weight is 361 g/mol. The summed E-state index contributed by atoms with van der Waals surface area (Å²) in [6.45, 7) is -0.724. The minimum Gasteiger partial charge on any atom is -0.394 e. The van der Waals surface area contributed by atoms with Gasteiger partial charge in [0.05, 0.1) is 6.61 Å². The Morgan fingerprint density at radius 2 is 2.17 bits per heavy atom. The average Bonchev–Trinajstić information content (AvgIpc) is 2.97. The lowest BCUT2D eigenvalue weighted by Gasteiger charge is -2.26. The smallest absolute Gasteiger partial charge is 0.394 e. The number of aliphatic imine (C=N–C) groups is 3. The van der Waals surface area contributed by atoms with Crippen molar-refractivity contribution in [3.63, 3.8) is 0 Å². The fourth-order valence-electron chi connectivity index (χ4n) is 2.49. The molecule has 14 heteroatoms. The number of urea groups is 1. The fourth-order valence-corrected chi connectivity index (χ4v) is 3.06. The van der Waals surface area contributed by atoms with Crippen molar-refractivity contribution in [1.29, 1.82) is 5.41 Å². The highest BCUT2D eigenvalue weighted by Gasteiger charge is 2.53. The Morgan fingerprint density at radius 1 is 1.46 bits per heavy atom. The zero-order chi connectivity index (χ0) is 17.6. The SMILES string of the molecule is N=C1N=CN=C2C1=NC(=O)N2[C@@H]1O[C@H](CO)[C@@H](OP(=O)(O)O)[C@H]1O. The first-order valence-electron chi connectivity index (χ1n) is 6.53. The molecule has 0 bridgehead atoms. The zero-order valence-electron chi connectivity index (χ0n) is 11.8. The molecule has 0 saturated carbocycles. The third-order valence-electron chi connectivity index (χ3n) is 3.45. The Morgan fingerprint density at radius 3 is 2.79 bits per heavy atom. The van der Waals surface area contributed by atoms with E-state index in [0.717, 1.165) is 11.2 Å². The summed E-state index contributed by atoms with van der Waals surface area (Å²) < 4.78 is 20.7. The van der Waals surface area contributed by atoms with Gasteiger partial charge in [-0.1, -0.05) is 0 Å². The number of phosphoric acid groups is 1. The molecule has 0 spiro atoms. The number of phosphoric ester groups is 1. The van der Waals surface area contributed by atoms with Gasteiger partial charge in [-0.15, -0.1) is 0 Å². The summed E-state index contributed by atoms with van der Waals surface area (Å²) in [6, 6.07) is -0.906. The van der Waals surface area contributed by atoms with Gasteiger partial charge in [-0.2, -0.15) is 4.99 Å². The van der Waals surface area contributed by atoms with E-state index in [4.69, 9.17) is 19.9 Å². The van der Waals surface area contributed by atoms with Crippen molar-refractivity contribution in [1.82, 2.24) is 4.90 Å². The summed E-state index contributed by atoms with van der Waals surface area (Å²) in [5.41, 5.74) is -0.127. The molecule has 0 unspecified atom stereocenters. The van der Waals surface area contributed by atoms with Crippen LogP contribution in [0.25, 0.3) is 0 Å². The van der Waals surface area contributed by atoms with E-state index in [9.17, 15) is 19.6 Å². The molecule has 13 nitrogen and oxygen atoms in total. The van der Waals surface area contributed by atoms with Gasteiger partial charge < -0.3 is 24.7 Å². The van der Waals surface area contributed by atoms with Crippen LogP contribution < -0.4 is 0 Å². The van der Waals surface area contributed by atoms with Gasteiger partial charge in [0.2, 0.25) is 0 Å².